The minimum Gasteiger partial charge on any atom is -0.493 e. The molecule has 0 aliphatic carbocycles. The fourth-order valence-electron chi connectivity index (χ4n) is 2.16. The van der Waals surface area contributed by atoms with Crippen LogP contribution in [0.2, 0.25) is 0 Å². The molecule has 1 unspecified atom stereocenters. The van der Waals surface area contributed by atoms with E-state index in [-0.39, 0.29) is 5.92 Å². The molecule has 0 aliphatic heterocycles. The lowest BCUT2D eigenvalue weighted by atomic mass is 9.99. The highest BCUT2D eigenvalue weighted by Gasteiger charge is 2.18. The second kappa shape index (κ2) is 7.26. The minimum absolute atomic E-state index is 0.210. The molecule has 2 N–H and O–H groups in total. The van der Waals surface area contributed by atoms with Gasteiger partial charge in [0.2, 0.25) is 0 Å². The lowest BCUT2D eigenvalue weighted by molar-refractivity contribution is 0.307. The molecule has 0 fully saturated rings. The van der Waals surface area contributed by atoms with Crippen LogP contribution in [-0.4, -0.2) is 25.2 Å². The van der Waals surface area contributed by atoms with Crippen LogP contribution in [0.5, 0.6) is 11.5 Å². The van der Waals surface area contributed by atoms with Crippen molar-refractivity contribution in [1.29, 1.82) is 0 Å². The van der Waals surface area contributed by atoms with Crippen molar-refractivity contribution in [2.24, 2.45) is 5.73 Å². The molecule has 108 valence electrons. The maximum atomic E-state index is 5.90. The van der Waals surface area contributed by atoms with E-state index >= 15 is 0 Å². The standard InChI is InChI=1S/C15H20N2O2S/c1-3-19-14-11(5-4-6-13(14)18-2)9-12(10-16)15-17-7-8-20-15/h4-8,12H,3,9-10,16H2,1-2H3. The van der Waals surface area contributed by atoms with Gasteiger partial charge in [0.05, 0.1) is 18.7 Å². The quantitative estimate of drug-likeness (QED) is 0.852. The van der Waals surface area contributed by atoms with E-state index in [9.17, 15) is 0 Å². The summed E-state index contributed by atoms with van der Waals surface area (Å²) < 4.78 is 11.1. The Balaban J connectivity index is 2.27. The Morgan fingerprint density at radius 3 is 2.85 bits per heavy atom. The van der Waals surface area contributed by atoms with Gasteiger partial charge < -0.3 is 15.2 Å². The molecule has 0 spiro atoms. The Morgan fingerprint density at radius 2 is 2.25 bits per heavy atom. The van der Waals surface area contributed by atoms with Crippen molar-refractivity contribution in [3.05, 3.63) is 40.3 Å². The van der Waals surface area contributed by atoms with Crippen LogP contribution < -0.4 is 15.2 Å². The van der Waals surface area contributed by atoms with Crippen molar-refractivity contribution in [1.82, 2.24) is 4.98 Å². The van der Waals surface area contributed by atoms with E-state index in [1.807, 2.05) is 30.6 Å². The summed E-state index contributed by atoms with van der Waals surface area (Å²) in [7, 11) is 1.66. The van der Waals surface area contributed by atoms with Gasteiger partial charge in [0, 0.05) is 24.0 Å². The zero-order valence-corrected chi connectivity index (χ0v) is 12.7. The summed E-state index contributed by atoms with van der Waals surface area (Å²) in [6.45, 7) is 3.14. The molecule has 1 heterocycles. The summed E-state index contributed by atoms with van der Waals surface area (Å²) in [5.41, 5.74) is 7.01. The lowest BCUT2D eigenvalue weighted by Crippen LogP contribution is -2.15. The second-order valence-electron chi connectivity index (χ2n) is 4.39. The van der Waals surface area contributed by atoms with Gasteiger partial charge in [-0.05, 0) is 25.0 Å². The zero-order valence-electron chi connectivity index (χ0n) is 11.8. The van der Waals surface area contributed by atoms with Gasteiger partial charge in [0.25, 0.3) is 0 Å². The largest absolute Gasteiger partial charge is 0.493 e. The maximum Gasteiger partial charge on any atom is 0.164 e. The van der Waals surface area contributed by atoms with E-state index in [0.29, 0.717) is 13.2 Å². The first-order chi connectivity index (χ1) is 9.80. The van der Waals surface area contributed by atoms with E-state index in [4.69, 9.17) is 15.2 Å². The molecular weight excluding hydrogens is 272 g/mol. The molecule has 5 heteroatoms. The van der Waals surface area contributed by atoms with Gasteiger partial charge in [-0.3, -0.25) is 0 Å². The topological polar surface area (TPSA) is 57.4 Å². The summed E-state index contributed by atoms with van der Waals surface area (Å²) in [5, 5.41) is 3.05. The third-order valence-electron chi connectivity index (χ3n) is 3.12. The summed E-state index contributed by atoms with van der Waals surface area (Å²) in [4.78, 5) is 4.37. The average Bonchev–Trinajstić information content (AvgIpc) is 3.00. The van der Waals surface area contributed by atoms with E-state index in [1.165, 1.54) is 0 Å². The number of hydrogen-bond donors (Lipinski definition) is 1. The summed E-state index contributed by atoms with van der Waals surface area (Å²) in [6, 6.07) is 5.95. The highest BCUT2D eigenvalue weighted by Crippen LogP contribution is 2.34. The molecule has 20 heavy (non-hydrogen) atoms. The fourth-order valence-corrected chi connectivity index (χ4v) is 2.92. The third kappa shape index (κ3) is 3.29. The van der Waals surface area contributed by atoms with Crippen molar-refractivity contribution in [2.75, 3.05) is 20.3 Å². The molecule has 1 aromatic carbocycles. The van der Waals surface area contributed by atoms with Gasteiger partial charge in [0.15, 0.2) is 11.5 Å². The molecule has 1 atom stereocenters. The van der Waals surface area contributed by atoms with Gasteiger partial charge in [0.1, 0.15) is 0 Å². The molecule has 0 bridgehead atoms. The fraction of sp³-hybridized carbons (Fsp3) is 0.400. The number of benzene rings is 1. The van der Waals surface area contributed by atoms with Crippen LogP contribution in [0.3, 0.4) is 0 Å². The molecule has 1 aromatic heterocycles. The Morgan fingerprint density at radius 1 is 1.40 bits per heavy atom. The Bertz CT molecular complexity index is 529. The second-order valence-corrected chi connectivity index (χ2v) is 5.31. The normalized spacial score (nSPS) is 12.2. The van der Waals surface area contributed by atoms with Crippen molar-refractivity contribution < 1.29 is 9.47 Å². The van der Waals surface area contributed by atoms with Gasteiger partial charge >= 0.3 is 0 Å². The van der Waals surface area contributed by atoms with E-state index in [2.05, 4.69) is 11.1 Å². The SMILES string of the molecule is CCOc1c(CC(CN)c2nccs2)cccc1OC. The number of aromatic nitrogens is 1. The number of hydrogen-bond acceptors (Lipinski definition) is 5. The Labute approximate surface area is 123 Å². The summed E-state index contributed by atoms with van der Waals surface area (Å²) >= 11 is 1.64. The number of thiazole rings is 1. The van der Waals surface area contributed by atoms with Crippen molar-refractivity contribution >= 4 is 11.3 Å². The number of para-hydroxylation sites is 1. The number of nitrogens with two attached hydrogens (primary N) is 1. The Kier molecular flexibility index (Phi) is 5.38. The predicted octanol–water partition coefficient (Wildman–Crippen LogP) is 2.84. The molecular formula is C15H20N2O2S. The highest BCUT2D eigenvalue weighted by molar-refractivity contribution is 7.09. The van der Waals surface area contributed by atoms with Gasteiger partial charge in [-0.1, -0.05) is 12.1 Å². The number of methoxy groups -OCH3 is 1. The minimum atomic E-state index is 0.210. The number of ether oxygens (including phenoxy) is 2. The Hall–Kier alpha value is -1.59. The predicted molar refractivity (Wildman–Crippen MR) is 81.8 cm³/mol. The summed E-state index contributed by atoms with van der Waals surface area (Å²) in [6.07, 6.45) is 2.62. The smallest absolute Gasteiger partial charge is 0.164 e. The van der Waals surface area contributed by atoms with Crippen molar-refractivity contribution in [3.63, 3.8) is 0 Å². The van der Waals surface area contributed by atoms with Crippen LogP contribution in [0.25, 0.3) is 0 Å². The zero-order chi connectivity index (χ0) is 14.4. The highest BCUT2D eigenvalue weighted by atomic mass is 32.1. The molecule has 4 nitrogen and oxygen atoms in total. The molecule has 2 rings (SSSR count). The van der Waals surface area contributed by atoms with Crippen LogP contribution >= 0.6 is 11.3 Å². The van der Waals surface area contributed by atoms with Crippen LogP contribution in [0, 0.1) is 0 Å². The molecule has 0 aliphatic rings. The average molecular weight is 292 g/mol. The third-order valence-corrected chi connectivity index (χ3v) is 4.06. The number of rotatable bonds is 7. The molecule has 0 radical (unpaired) electrons. The lowest BCUT2D eigenvalue weighted by Gasteiger charge is -2.17. The van der Waals surface area contributed by atoms with Crippen LogP contribution in [0.4, 0.5) is 0 Å². The van der Waals surface area contributed by atoms with E-state index in [0.717, 1.165) is 28.5 Å². The molecule has 2 aromatic rings. The monoisotopic (exact) mass is 292 g/mol. The van der Waals surface area contributed by atoms with Gasteiger partial charge in [-0.2, -0.15) is 0 Å². The van der Waals surface area contributed by atoms with Crippen LogP contribution in [0.15, 0.2) is 29.8 Å². The van der Waals surface area contributed by atoms with E-state index in [1.54, 1.807) is 18.4 Å². The van der Waals surface area contributed by atoms with Crippen LogP contribution in [-0.2, 0) is 6.42 Å². The molecule has 0 saturated heterocycles. The first-order valence-corrected chi connectivity index (χ1v) is 7.56. The molecule has 0 saturated carbocycles. The van der Waals surface area contributed by atoms with Gasteiger partial charge in [-0.25, -0.2) is 4.98 Å². The first-order valence-electron chi connectivity index (χ1n) is 6.68. The maximum absolute atomic E-state index is 5.90. The summed E-state index contributed by atoms with van der Waals surface area (Å²) in [5.74, 6) is 1.79. The van der Waals surface area contributed by atoms with E-state index < -0.39 is 0 Å². The van der Waals surface area contributed by atoms with Gasteiger partial charge in [-0.15, -0.1) is 11.3 Å². The molecule has 0 amide bonds. The first kappa shape index (κ1) is 14.8. The van der Waals surface area contributed by atoms with Crippen LogP contribution in [0.1, 0.15) is 23.4 Å². The van der Waals surface area contributed by atoms with Crippen molar-refractivity contribution in [3.8, 4) is 11.5 Å². The van der Waals surface area contributed by atoms with Crippen molar-refractivity contribution in [2.45, 2.75) is 19.3 Å². The number of nitrogens with zero attached hydrogens (tertiary/aromatic N) is 1.